The first-order valence-corrected chi connectivity index (χ1v) is 11.9. The summed E-state index contributed by atoms with van der Waals surface area (Å²) < 4.78 is 11.6. The van der Waals surface area contributed by atoms with Crippen molar-refractivity contribution in [2.75, 3.05) is 38.2 Å². The highest BCUT2D eigenvalue weighted by Gasteiger charge is 2.28. The maximum atomic E-state index is 12.2. The van der Waals surface area contributed by atoms with E-state index in [0.29, 0.717) is 12.4 Å². The van der Waals surface area contributed by atoms with Crippen LogP contribution < -0.4 is 20.7 Å². The van der Waals surface area contributed by atoms with Gasteiger partial charge in [0.15, 0.2) is 0 Å². The lowest BCUT2D eigenvalue weighted by Crippen LogP contribution is -2.47. The van der Waals surface area contributed by atoms with Crippen LogP contribution in [0.4, 0.5) is 10.6 Å². The van der Waals surface area contributed by atoms with Crippen LogP contribution in [0.3, 0.4) is 0 Å². The maximum absolute atomic E-state index is 12.2. The van der Waals surface area contributed by atoms with E-state index in [0.717, 1.165) is 73.9 Å². The van der Waals surface area contributed by atoms with Crippen LogP contribution in [0.5, 0.6) is 5.75 Å². The van der Waals surface area contributed by atoms with Crippen molar-refractivity contribution in [2.24, 2.45) is 5.41 Å². The zero-order chi connectivity index (χ0) is 21.7. The number of thiazole rings is 1. The number of ether oxygens (including phenoxy) is 2. The van der Waals surface area contributed by atoms with Crippen molar-refractivity contribution < 1.29 is 14.3 Å². The molecule has 0 bridgehead atoms. The molecule has 2 aromatic rings. The number of carbonyl (C=O) groups excluding carboxylic acids is 1. The fraction of sp³-hybridized carbons (Fsp3) is 0.565. The van der Waals surface area contributed by atoms with E-state index >= 15 is 0 Å². The summed E-state index contributed by atoms with van der Waals surface area (Å²) in [6, 6.07) is 6.12. The Bertz CT molecular complexity index is 889. The maximum Gasteiger partial charge on any atom is 0.320 e. The Labute approximate surface area is 187 Å². The Morgan fingerprint density at radius 1 is 1.39 bits per heavy atom. The number of urea groups is 1. The third-order valence-corrected chi connectivity index (χ3v) is 6.97. The van der Waals surface area contributed by atoms with Gasteiger partial charge in [-0.15, -0.1) is 11.3 Å². The van der Waals surface area contributed by atoms with Crippen LogP contribution >= 0.6 is 11.3 Å². The summed E-state index contributed by atoms with van der Waals surface area (Å²) in [7, 11) is 0. The number of nitrogens with zero attached hydrogens (tertiary/aromatic N) is 1. The minimum Gasteiger partial charge on any atom is -0.493 e. The highest BCUT2D eigenvalue weighted by molar-refractivity contribution is 7.13. The van der Waals surface area contributed by atoms with Crippen molar-refractivity contribution in [3.8, 4) is 16.3 Å². The molecule has 2 aliphatic rings. The Hall–Kier alpha value is -2.16. The summed E-state index contributed by atoms with van der Waals surface area (Å²) in [5.41, 5.74) is 2.28. The van der Waals surface area contributed by atoms with Crippen LogP contribution in [0.15, 0.2) is 23.6 Å². The summed E-state index contributed by atoms with van der Waals surface area (Å²) in [4.78, 5) is 16.8. The van der Waals surface area contributed by atoms with Crippen LogP contribution in [-0.4, -0.2) is 50.0 Å². The van der Waals surface area contributed by atoms with E-state index in [-0.39, 0.29) is 17.5 Å². The summed E-state index contributed by atoms with van der Waals surface area (Å²) in [6.45, 7) is 8.49. The molecule has 3 N–H and O–H groups in total. The molecule has 0 unspecified atom stereocenters. The molecule has 168 valence electrons. The lowest BCUT2D eigenvalue weighted by atomic mass is 9.83. The highest BCUT2D eigenvalue weighted by atomic mass is 32.1. The molecule has 0 radical (unpaired) electrons. The topological polar surface area (TPSA) is 84.5 Å². The van der Waals surface area contributed by atoms with Crippen LogP contribution in [-0.2, 0) is 4.74 Å². The van der Waals surface area contributed by atoms with Gasteiger partial charge in [-0.25, -0.2) is 9.78 Å². The van der Waals surface area contributed by atoms with E-state index in [4.69, 9.17) is 9.47 Å². The molecule has 1 aromatic carbocycles. The number of anilines is 1. The van der Waals surface area contributed by atoms with Gasteiger partial charge in [0.05, 0.1) is 6.61 Å². The van der Waals surface area contributed by atoms with Gasteiger partial charge in [0.1, 0.15) is 16.6 Å². The van der Waals surface area contributed by atoms with E-state index in [9.17, 15) is 4.79 Å². The highest BCUT2D eigenvalue weighted by Crippen LogP contribution is 2.33. The van der Waals surface area contributed by atoms with Crippen molar-refractivity contribution in [1.29, 1.82) is 0 Å². The van der Waals surface area contributed by atoms with Crippen LogP contribution in [0.1, 0.15) is 38.2 Å². The predicted octanol–water partition coefficient (Wildman–Crippen LogP) is 4.19. The average molecular weight is 445 g/mol. The first-order valence-electron chi connectivity index (χ1n) is 11.1. The molecule has 1 atom stereocenters. The first-order chi connectivity index (χ1) is 15.0. The Morgan fingerprint density at radius 3 is 2.97 bits per heavy atom. The quantitative estimate of drug-likeness (QED) is 0.622. The van der Waals surface area contributed by atoms with Gasteiger partial charge in [0.2, 0.25) is 0 Å². The van der Waals surface area contributed by atoms with Crippen LogP contribution in [0, 0.1) is 12.3 Å². The molecule has 2 saturated heterocycles. The van der Waals surface area contributed by atoms with Crippen molar-refractivity contribution >= 4 is 23.2 Å². The number of aryl methyl sites for hydroxylation is 1. The summed E-state index contributed by atoms with van der Waals surface area (Å²) in [6.07, 6.45) is 4.15. The van der Waals surface area contributed by atoms with Crippen molar-refractivity contribution in [1.82, 2.24) is 15.6 Å². The smallest absolute Gasteiger partial charge is 0.320 e. The molecule has 4 rings (SSSR count). The lowest BCUT2D eigenvalue weighted by Gasteiger charge is -2.33. The molecule has 1 aromatic heterocycles. The van der Waals surface area contributed by atoms with E-state index in [1.165, 1.54) is 11.3 Å². The Balaban J connectivity index is 1.33. The van der Waals surface area contributed by atoms with Crippen LogP contribution in [0.25, 0.3) is 10.6 Å². The number of hydrogen-bond acceptors (Lipinski definition) is 6. The molecule has 0 aliphatic carbocycles. The molecule has 3 heterocycles. The number of carbonyl (C=O) groups is 1. The second-order valence-electron chi connectivity index (χ2n) is 8.87. The molecular formula is C23H32N4O3S. The standard InChI is InChI=1S/C23H32N4O3S/c1-16-12-17(5-6-19(16)30-15-23(2)7-10-29-11-8-23)21-26-20(14-31-21)27-22(28)25-18-4-3-9-24-13-18/h5-6,12,14,18,24H,3-4,7-11,13,15H2,1-2H3,(H2,25,27,28)/t18-/m0/s1. The number of piperidine rings is 1. The molecule has 0 spiro atoms. The van der Waals surface area contributed by atoms with E-state index < -0.39 is 0 Å². The number of benzene rings is 1. The summed E-state index contributed by atoms with van der Waals surface area (Å²) in [5.74, 6) is 1.48. The minimum atomic E-state index is -0.202. The third-order valence-electron chi connectivity index (χ3n) is 6.08. The van der Waals surface area contributed by atoms with Crippen molar-refractivity contribution in [3.05, 3.63) is 29.1 Å². The largest absolute Gasteiger partial charge is 0.493 e. The number of nitrogens with one attached hydrogen (secondary N) is 3. The lowest BCUT2D eigenvalue weighted by molar-refractivity contribution is 0.000201. The molecule has 7 nitrogen and oxygen atoms in total. The van der Waals surface area contributed by atoms with Gasteiger partial charge in [-0.2, -0.15) is 0 Å². The van der Waals surface area contributed by atoms with E-state index in [1.54, 1.807) is 0 Å². The first kappa shape index (κ1) is 22.0. The van der Waals surface area contributed by atoms with E-state index in [1.807, 2.05) is 17.5 Å². The fourth-order valence-electron chi connectivity index (χ4n) is 3.98. The molecule has 31 heavy (non-hydrogen) atoms. The molecule has 8 heteroatoms. The van der Waals surface area contributed by atoms with Crippen LogP contribution in [0.2, 0.25) is 0 Å². The number of amides is 2. The normalized spacial score (nSPS) is 20.8. The second kappa shape index (κ2) is 9.97. The van der Waals surface area contributed by atoms with Crippen molar-refractivity contribution in [2.45, 2.75) is 45.6 Å². The van der Waals surface area contributed by atoms with Gasteiger partial charge in [-0.3, -0.25) is 5.32 Å². The minimum absolute atomic E-state index is 0.172. The second-order valence-corrected chi connectivity index (χ2v) is 9.73. The SMILES string of the molecule is Cc1cc(-c2nc(NC(=O)N[C@H]3CCCNC3)cs2)ccc1OCC1(C)CCOCC1. The molecule has 2 fully saturated rings. The molecule has 0 saturated carbocycles. The fourth-order valence-corrected chi connectivity index (χ4v) is 4.73. The van der Waals surface area contributed by atoms with Gasteiger partial charge >= 0.3 is 6.03 Å². The Kier molecular flexibility index (Phi) is 7.09. The summed E-state index contributed by atoms with van der Waals surface area (Å²) in [5, 5.41) is 11.9. The molecule has 2 amide bonds. The van der Waals surface area contributed by atoms with Gasteiger partial charge in [-0.05, 0) is 62.9 Å². The monoisotopic (exact) mass is 444 g/mol. The Morgan fingerprint density at radius 2 is 2.23 bits per heavy atom. The number of aromatic nitrogens is 1. The van der Waals surface area contributed by atoms with Crippen molar-refractivity contribution in [3.63, 3.8) is 0 Å². The summed E-state index contributed by atoms with van der Waals surface area (Å²) >= 11 is 1.52. The predicted molar refractivity (Wildman–Crippen MR) is 124 cm³/mol. The van der Waals surface area contributed by atoms with Gasteiger partial charge in [-0.1, -0.05) is 6.92 Å². The van der Waals surface area contributed by atoms with Gasteiger partial charge in [0, 0.05) is 42.2 Å². The van der Waals surface area contributed by atoms with Gasteiger partial charge < -0.3 is 20.1 Å². The number of rotatable bonds is 6. The third kappa shape index (κ3) is 5.96. The molecule has 2 aliphatic heterocycles. The zero-order valence-corrected chi connectivity index (χ0v) is 19.1. The number of hydrogen-bond donors (Lipinski definition) is 3. The van der Waals surface area contributed by atoms with Gasteiger partial charge in [0.25, 0.3) is 0 Å². The average Bonchev–Trinajstić information content (AvgIpc) is 3.22. The van der Waals surface area contributed by atoms with E-state index in [2.05, 4.69) is 40.8 Å². The zero-order valence-electron chi connectivity index (χ0n) is 18.3. The molecular weight excluding hydrogens is 412 g/mol.